The number of rotatable bonds is 2. The highest BCUT2D eigenvalue weighted by Crippen LogP contribution is 2.45. The summed E-state index contributed by atoms with van der Waals surface area (Å²) in [5.74, 6) is 0.759. The molecule has 5 nitrogen and oxygen atoms in total. The van der Waals surface area contributed by atoms with Crippen LogP contribution in [0.1, 0.15) is 61.9 Å². The molecule has 0 radical (unpaired) electrons. The standard InChI is InChI=1S/C14H23N3O2/c1-9-16-11(13(18)19-4)12(15)17(9)10-7-5-6-8-14(10,2)3/h10H,5-8,15H2,1-4H3. The van der Waals surface area contributed by atoms with E-state index in [1.807, 2.05) is 11.5 Å². The first-order valence-corrected chi connectivity index (χ1v) is 6.81. The highest BCUT2D eigenvalue weighted by molar-refractivity contribution is 5.92. The number of nitrogens with two attached hydrogens (primary N) is 1. The summed E-state index contributed by atoms with van der Waals surface area (Å²) in [6.07, 6.45) is 4.69. The number of aromatic nitrogens is 2. The van der Waals surface area contributed by atoms with Crippen LogP contribution in [0.2, 0.25) is 0 Å². The van der Waals surface area contributed by atoms with E-state index in [0.29, 0.717) is 11.9 Å². The number of methoxy groups -OCH3 is 1. The van der Waals surface area contributed by atoms with Crippen molar-refractivity contribution in [3.05, 3.63) is 11.5 Å². The van der Waals surface area contributed by atoms with Crippen LogP contribution in [-0.2, 0) is 4.74 Å². The second-order valence-corrected chi connectivity index (χ2v) is 6.00. The Morgan fingerprint density at radius 2 is 2.16 bits per heavy atom. The molecule has 106 valence electrons. The summed E-state index contributed by atoms with van der Waals surface area (Å²) in [6.45, 7) is 6.41. The van der Waals surface area contributed by atoms with Gasteiger partial charge in [-0.15, -0.1) is 0 Å². The third-order valence-corrected chi connectivity index (χ3v) is 4.27. The first kappa shape index (κ1) is 13.9. The Labute approximate surface area is 114 Å². The van der Waals surface area contributed by atoms with Crippen molar-refractivity contribution < 1.29 is 9.53 Å². The van der Waals surface area contributed by atoms with E-state index in [4.69, 9.17) is 10.5 Å². The number of imidazole rings is 1. The van der Waals surface area contributed by atoms with E-state index in [1.165, 1.54) is 26.4 Å². The molecule has 0 bridgehead atoms. The van der Waals surface area contributed by atoms with Gasteiger partial charge in [0.25, 0.3) is 0 Å². The number of hydrogen-bond acceptors (Lipinski definition) is 4. The van der Waals surface area contributed by atoms with Crippen molar-refractivity contribution in [3.8, 4) is 0 Å². The molecule has 0 saturated heterocycles. The quantitative estimate of drug-likeness (QED) is 0.835. The molecule has 0 amide bonds. The van der Waals surface area contributed by atoms with Gasteiger partial charge in [-0.2, -0.15) is 0 Å². The molecule has 0 spiro atoms. The lowest BCUT2D eigenvalue weighted by atomic mass is 9.73. The van der Waals surface area contributed by atoms with Crippen molar-refractivity contribution in [1.82, 2.24) is 9.55 Å². The van der Waals surface area contributed by atoms with Gasteiger partial charge in [-0.25, -0.2) is 9.78 Å². The number of ether oxygens (including phenoxy) is 1. The minimum atomic E-state index is -0.465. The third kappa shape index (κ3) is 2.33. The molecule has 1 aliphatic rings. The van der Waals surface area contributed by atoms with E-state index in [-0.39, 0.29) is 11.1 Å². The summed E-state index contributed by atoms with van der Waals surface area (Å²) in [6, 6.07) is 0.298. The van der Waals surface area contributed by atoms with Crippen molar-refractivity contribution in [1.29, 1.82) is 0 Å². The first-order valence-electron chi connectivity index (χ1n) is 6.81. The van der Waals surface area contributed by atoms with Gasteiger partial charge in [-0.3, -0.25) is 0 Å². The number of anilines is 1. The maximum atomic E-state index is 11.7. The van der Waals surface area contributed by atoms with Crippen LogP contribution in [0.4, 0.5) is 5.82 Å². The van der Waals surface area contributed by atoms with Gasteiger partial charge >= 0.3 is 5.97 Å². The zero-order chi connectivity index (χ0) is 14.2. The van der Waals surface area contributed by atoms with Crippen molar-refractivity contribution in [2.45, 2.75) is 52.5 Å². The number of aryl methyl sites for hydroxylation is 1. The highest BCUT2D eigenvalue weighted by Gasteiger charge is 2.36. The van der Waals surface area contributed by atoms with Crippen molar-refractivity contribution in [3.63, 3.8) is 0 Å². The minimum absolute atomic E-state index is 0.172. The predicted molar refractivity (Wildman–Crippen MR) is 74.0 cm³/mol. The maximum Gasteiger partial charge on any atom is 0.360 e. The van der Waals surface area contributed by atoms with Gasteiger partial charge in [0, 0.05) is 6.04 Å². The molecular weight excluding hydrogens is 242 g/mol. The minimum Gasteiger partial charge on any atom is -0.464 e. The third-order valence-electron chi connectivity index (χ3n) is 4.27. The highest BCUT2D eigenvalue weighted by atomic mass is 16.5. The lowest BCUT2D eigenvalue weighted by Gasteiger charge is -2.40. The smallest absolute Gasteiger partial charge is 0.360 e. The number of carbonyl (C=O) groups excluding carboxylic acids is 1. The average Bonchev–Trinajstić information content (AvgIpc) is 2.64. The first-order chi connectivity index (χ1) is 8.88. The van der Waals surface area contributed by atoms with Gasteiger partial charge in [0.05, 0.1) is 7.11 Å². The molecule has 2 rings (SSSR count). The maximum absolute atomic E-state index is 11.7. The van der Waals surface area contributed by atoms with Crippen LogP contribution in [0.5, 0.6) is 0 Å². The Hall–Kier alpha value is -1.52. The molecule has 1 atom stereocenters. The molecule has 1 aromatic heterocycles. The second kappa shape index (κ2) is 4.87. The molecule has 1 aromatic rings. The van der Waals surface area contributed by atoms with E-state index in [0.717, 1.165) is 12.2 Å². The molecule has 0 aromatic carbocycles. The molecule has 1 heterocycles. The number of carbonyl (C=O) groups is 1. The monoisotopic (exact) mass is 265 g/mol. The van der Waals surface area contributed by atoms with Crippen LogP contribution in [-0.4, -0.2) is 22.6 Å². The number of esters is 1. The van der Waals surface area contributed by atoms with E-state index in [2.05, 4.69) is 18.8 Å². The Morgan fingerprint density at radius 3 is 2.74 bits per heavy atom. The summed E-state index contributed by atoms with van der Waals surface area (Å²) < 4.78 is 6.75. The largest absolute Gasteiger partial charge is 0.464 e. The number of nitrogen functional groups attached to an aromatic ring is 1. The zero-order valence-corrected chi connectivity index (χ0v) is 12.2. The average molecular weight is 265 g/mol. The Balaban J connectivity index is 2.45. The fourth-order valence-corrected chi connectivity index (χ4v) is 3.16. The molecule has 19 heavy (non-hydrogen) atoms. The Kier molecular flexibility index (Phi) is 3.56. The molecule has 1 saturated carbocycles. The fraction of sp³-hybridized carbons (Fsp3) is 0.714. The second-order valence-electron chi connectivity index (χ2n) is 6.00. The van der Waals surface area contributed by atoms with Gasteiger partial charge < -0.3 is 15.0 Å². The molecule has 0 aliphatic heterocycles. The SMILES string of the molecule is COC(=O)c1nc(C)n(C2CCCCC2(C)C)c1N. The topological polar surface area (TPSA) is 70.1 Å². The van der Waals surface area contributed by atoms with Gasteiger partial charge in [-0.1, -0.05) is 26.7 Å². The van der Waals surface area contributed by atoms with Crippen molar-refractivity contribution in [2.75, 3.05) is 12.8 Å². The van der Waals surface area contributed by atoms with Crippen LogP contribution >= 0.6 is 0 Å². The van der Waals surface area contributed by atoms with E-state index < -0.39 is 5.97 Å². The predicted octanol–water partition coefficient (Wildman–Crippen LogP) is 2.70. The van der Waals surface area contributed by atoms with E-state index in [9.17, 15) is 4.79 Å². The van der Waals surface area contributed by atoms with E-state index in [1.54, 1.807) is 0 Å². The fourth-order valence-electron chi connectivity index (χ4n) is 3.16. The Bertz CT molecular complexity index is 491. The van der Waals surface area contributed by atoms with Crippen LogP contribution < -0.4 is 5.73 Å². The van der Waals surface area contributed by atoms with E-state index >= 15 is 0 Å². The van der Waals surface area contributed by atoms with Crippen LogP contribution in [0, 0.1) is 12.3 Å². The summed E-state index contributed by atoms with van der Waals surface area (Å²) in [7, 11) is 1.35. The lowest BCUT2D eigenvalue weighted by Crippen LogP contribution is -2.31. The summed E-state index contributed by atoms with van der Waals surface area (Å²) in [5.41, 5.74) is 6.54. The number of nitrogens with zero attached hydrogens (tertiary/aromatic N) is 2. The normalized spacial score (nSPS) is 22.2. The van der Waals surface area contributed by atoms with Gasteiger partial charge in [0.2, 0.25) is 0 Å². The summed E-state index contributed by atoms with van der Waals surface area (Å²) >= 11 is 0. The van der Waals surface area contributed by atoms with Gasteiger partial charge in [0.15, 0.2) is 5.69 Å². The molecule has 1 unspecified atom stereocenters. The molecule has 5 heteroatoms. The molecular formula is C14H23N3O2. The van der Waals surface area contributed by atoms with Crippen molar-refractivity contribution >= 4 is 11.8 Å². The van der Waals surface area contributed by atoms with Gasteiger partial charge in [0.1, 0.15) is 11.6 Å². The van der Waals surface area contributed by atoms with Crippen LogP contribution in [0.25, 0.3) is 0 Å². The molecule has 1 aliphatic carbocycles. The van der Waals surface area contributed by atoms with Crippen molar-refractivity contribution in [2.24, 2.45) is 5.41 Å². The lowest BCUT2D eigenvalue weighted by molar-refractivity contribution is 0.0595. The zero-order valence-electron chi connectivity index (χ0n) is 12.2. The van der Waals surface area contributed by atoms with Crippen LogP contribution in [0.15, 0.2) is 0 Å². The van der Waals surface area contributed by atoms with Gasteiger partial charge in [-0.05, 0) is 25.2 Å². The molecule has 2 N–H and O–H groups in total. The molecule has 1 fully saturated rings. The number of hydrogen-bond donors (Lipinski definition) is 1. The summed E-state index contributed by atoms with van der Waals surface area (Å²) in [5, 5.41) is 0. The van der Waals surface area contributed by atoms with Crippen LogP contribution in [0.3, 0.4) is 0 Å². The Morgan fingerprint density at radius 1 is 1.47 bits per heavy atom. The summed E-state index contributed by atoms with van der Waals surface area (Å²) in [4.78, 5) is 16.0.